The second-order valence-electron chi connectivity index (χ2n) is 10.0. The van der Waals surface area contributed by atoms with Gasteiger partial charge in [-0.2, -0.15) is 0 Å². The number of piperidine rings is 1. The average Bonchev–Trinajstić information content (AvgIpc) is 3.00. The molecule has 10 nitrogen and oxygen atoms in total. The highest BCUT2D eigenvalue weighted by atomic mass is 16.5. The fourth-order valence-electron chi connectivity index (χ4n) is 4.88. The average molecular weight is 558 g/mol. The van der Waals surface area contributed by atoms with E-state index in [9.17, 15) is 19.2 Å². The van der Waals surface area contributed by atoms with Gasteiger partial charge in [-0.05, 0) is 60.5 Å². The van der Waals surface area contributed by atoms with E-state index in [1.807, 2.05) is 31.2 Å². The second-order valence-corrected chi connectivity index (χ2v) is 10.0. The molecule has 3 heterocycles. The predicted molar refractivity (Wildman–Crippen MR) is 149 cm³/mol. The molecule has 2 atom stereocenters. The summed E-state index contributed by atoms with van der Waals surface area (Å²) in [5.74, 6) is -0.393. The summed E-state index contributed by atoms with van der Waals surface area (Å²) in [6, 6.07) is 18.2. The number of nitrogens with one attached hydrogen (secondary N) is 2. The van der Waals surface area contributed by atoms with Crippen molar-refractivity contribution in [3.63, 3.8) is 0 Å². The summed E-state index contributed by atoms with van der Waals surface area (Å²) < 4.78 is 16.8. The molecule has 0 spiro atoms. The van der Waals surface area contributed by atoms with Gasteiger partial charge in [-0.15, -0.1) is 0 Å². The fourth-order valence-corrected chi connectivity index (χ4v) is 4.88. The minimum Gasteiger partial charge on any atom is -0.488 e. The van der Waals surface area contributed by atoms with Crippen molar-refractivity contribution in [3.8, 4) is 11.5 Å². The van der Waals surface area contributed by atoms with E-state index in [-0.39, 0.29) is 36.4 Å². The lowest BCUT2D eigenvalue weighted by molar-refractivity contribution is -0.123. The molecule has 1 fully saturated rings. The van der Waals surface area contributed by atoms with E-state index in [2.05, 4.69) is 10.6 Å². The molecule has 0 radical (unpaired) electrons. The quantitative estimate of drug-likeness (QED) is 0.465. The molecule has 0 saturated carbocycles. The van der Waals surface area contributed by atoms with Crippen LogP contribution in [0, 0.1) is 6.92 Å². The molecule has 0 aromatic heterocycles. The van der Waals surface area contributed by atoms with Gasteiger partial charge in [0.25, 0.3) is 17.7 Å². The van der Waals surface area contributed by atoms with E-state index in [0.29, 0.717) is 42.1 Å². The number of carbonyl (C=O) groups is 4. The Labute approximate surface area is 237 Å². The minimum absolute atomic E-state index is 0.188. The molecule has 6 rings (SSSR count). The van der Waals surface area contributed by atoms with Gasteiger partial charge in [0.15, 0.2) is 6.61 Å². The molecule has 0 aliphatic carbocycles. The van der Waals surface area contributed by atoms with Crippen LogP contribution in [0.4, 0.5) is 0 Å². The zero-order valence-corrected chi connectivity index (χ0v) is 22.8. The molecule has 3 aromatic carbocycles. The highest BCUT2D eigenvalue weighted by Gasteiger charge is 2.35. The van der Waals surface area contributed by atoms with Crippen molar-refractivity contribution in [2.75, 3.05) is 26.8 Å². The minimum atomic E-state index is -0.534. The lowest BCUT2D eigenvalue weighted by atomic mass is 9.99. The first-order valence-electron chi connectivity index (χ1n) is 13.3. The Morgan fingerprint density at radius 3 is 2.56 bits per heavy atom. The van der Waals surface area contributed by atoms with Gasteiger partial charge in [0.1, 0.15) is 17.6 Å². The zero-order chi connectivity index (χ0) is 28.9. The summed E-state index contributed by atoms with van der Waals surface area (Å²) in [5.41, 5.74) is 2.66. The van der Waals surface area contributed by atoms with Crippen molar-refractivity contribution in [1.29, 1.82) is 0 Å². The van der Waals surface area contributed by atoms with Crippen LogP contribution < -0.4 is 20.1 Å². The highest BCUT2D eigenvalue weighted by molar-refractivity contribution is 5.98. The lowest BCUT2D eigenvalue weighted by Gasteiger charge is -2.39. The number of methoxy groups -OCH3 is 1. The number of rotatable bonds is 2. The number of aryl methyl sites for hydroxylation is 1. The standard InChI is InChI=1S/C31H31N3O7/c1-19-6-9-21-15-27(19)40-18-28(35)32-16-20-7-10-24(11-8-20)41-26-12-13-34(17-25(26)33-29(21)36)30(37)22-4-3-5-23(14-22)31(38)39-2/h3-11,14-15,25-26H,12-13,16-18H2,1-2H3,(H,32,35)(H,33,36)/t25-,26-/m0/s1. The third kappa shape index (κ3) is 6.49. The first-order valence-corrected chi connectivity index (χ1v) is 13.3. The molecule has 4 bridgehead atoms. The summed E-state index contributed by atoms with van der Waals surface area (Å²) in [5, 5.41) is 5.88. The third-order valence-corrected chi connectivity index (χ3v) is 7.19. The van der Waals surface area contributed by atoms with E-state index < -0.39 is 18.1 Å². The van der Waals surface area contributed by atoms with E-state index >= 15 is 0 Å². The van der Waals surface area contributed by atoms with Gasteiger partial charge in [0.05, 0.1) is 18.7 Å². The molecule has 10 heteroatoms. The Bertz CT molecular complexity index is 1470. The Morgan fingerprint density at radius 1 is 1.00 bits per heavy atom. The number of amides is 3. The third-order valence-electron chi connectivity index (χ3n) is 7.19. The van der Waals surface area contributed by atoms with E-state index in [1.54, 1.807) is 41.3 Å². The summed E-state index contributed by atoms with van der Waals surface area (Å²) in [6.45, 7) is 2.57. The fraction of sp³-hybridized carbons (Fsp3) is 0.290. The van der Waals surface area contributed by atoms with Crippen LogP contribution in [-0.2, 0) is 16.1 Å². The number of nitrogens with zero attached hydrogens (tertiary/aromatic N) is 1. The number of benzene rings is 3. The zero-order valence-electron chi connectivity index (χ0n) is 22.8. The van der Waals surface area contributed by atoms with Crippen LogP contribution >= 0.6 is 0 Å². The first-order chi connectivity index (χ1) is 19.8. The number of carbonyl (C=O) groups excluding carboxylic acids is 4. The van der Waals surface area contributed by atoms with Crippen LogP contribution in [0.2, 0.25) is 0 Å². The molecular formula is C31H31N3O7. The van der Waals surface area contributed by atoms with Gasteiger partial charge < -0.3 is 29.7 Å². The van der Waals surface area contributed by atoms with Crippen LogP contribution in [0.25, 0.3) is 0 Å². The maximum atomic E-state index is 13.5. The molecule has 0 unspecified atom stereocenters. The molecule has 2 N–H and O–H groups in total. The molecule has 3 amide bonds. The van der Waals surface area contributed by atoms with Crippen molar-refractivity contribution in [2.24, 2.45) is 0 Å². The van der Waals surface area contributed by atoms with Crippen LogP contribution in [0.5, 0.6) is 11.5 Å². The number of hydrogen-bond donors (Lipinski definition) is 2. The van der Waals surface area contributed by atoms with E-state index in [1.165, 1.54) is 13.2 Å². The van der Waals surface area contributed by atoms with Gasteiger partial charge in [-0.25, -0.2) is 4.79 Å². The topological polar surface area (TPSA) is 123 Å². The van der Waals surface area contributed by atoms with Crippen LogP contribution in [0.1, 0.15) is 48.6 Å². The van der Waals surface area contributed by atoms with E-state index in [4.69, 9.17) is 14.2 Å². The van der Waals surface area contributed by atoms with Gasteiger partial charge >= 0.3 is 5.97 Å². The number of fused-ring (bicyclic) bond motifs is 7. The van der Waals surface area contributed by atoms with Crippen molar-refractivity contribution in [1.82, 2.24) is 15.5 Å². The first kappa shape index (κ1) is 27.7. The maximum Gasteiger partial charge on any atom is 0.337 e. The van der Waals surface area contributed by atoms with Crippen LogP contribution in [0.15, 0.2) is 66.7 Å². The SMILES string of the molecule is COC(=O)c1cccc(C(=O)N2CC[C@@H]3Oc4ccc(cc4)CNC(=O)COc4cc(ccc4C)C(=O)N[C@H]3C2)c1. The van der Waals surface area contributed by atoms with E-state index in [0.717, 1.165) is 11.1 Å². The largest absolute Gasteiger partial charge is 0.488 e. The molecule has 41 heavy (non-hydrogen) atoms. The summed E-state index contributed by atoms with van der Waals surface area (Å²) in [4.78, 5) is 52.9. The molecule has 3 aromatic rings. The van der Waals surface area contributed by atoms with Crippen molar-refractivity contribution >= 4 is 23.7 Å². The van der Waals surface area contributed by atoms with Crippen LogP contribution in [-0.4, -0.2) is 67.5 Å². The summed E-state index contributed by atoms with van der Waals surface area (Å²) in [7, 11) is 1.29. The second kappa shape index (κ2) is 12.1. The Kier molecular flexibility index (Phi) is 8.19. The van der Waals surface area contributed by atoms with Crippen LogP contribution in [0.3, 0.4) is 0 Å². The number of esters is 1. The molecule has 212 valence electrons. The van der Waals surface area contributed by atoms with Crippen molar-refractivity contribution < 1.29 is 33.4 Å². The number of ether oxygens (including phenoxy) is 3. The van der Waals surface area contributed by atoms with Gasteiger partial charge in [0, 0.05) is 37.2 Å². The highest BCUT2D eigenvalue weighted by Crippen LogP contribution is 2.24. The molecule has 1 saturated heterocycles. The van der Waals surface area contributed by atoms with Gasteiger partial charge in [0.2, 0.25) is 0 Å². The molecule has 3 aliphatic rings. The molecule has 3 aliphatic heterocycles. The Balaban J connectivity index is 1.42. The smallest absolute Gasteiger partial charge is 0.337 e. The van der Waals surface area contributed by atoms with Gasteiger partial charge in [-0.3, -0.25) is 14.4 Å². The Morgan fingerprint density at radius 2 is 1.78 bits per heavy atom. The summed E-state index contributed by atoms with van der Waals surface area (Å²) >= 11 is 0. The van der Waals surface area contributed by atoms with Gasteiger partial charge in [-0.1, -0.05) is 24.3 Å². The van der Waals surface area contributed by atoms with Crippen molar-refractivity contribution in [2.45, 2.75) is 32.0 Å². The monoisotopic (exact) mass is 557 g/mol. The Hall–Kier alpha value is -4.86. The number of hydrogen-bond acceptors (Lipinski definition) is 7. The normalized spacial score (nSPS) is 19.0. The maximum absolute atomic E-state index is 13.5. The summed E-state index contributed by atoms with van der Waals surface area (Å²) in [6.07, 6.45) is 0.0554. The molecular weight excluding hydrogens is 526 g/mol. The predicted octanol–water partition coefficient (Wildman–Crippen LogP) is 2.88. The lowest BCUT2D eigenvalue weighted by Crippen LogP contribution is -2.58. The van der Waals surface area contributed by atoms with Crippen molar-refractivity contribution in [3.05, 3.63) is 94.5 Å². The number of likely N-dealkylation sites (tertiary alicyclic amines) is 1.